The molecule has 0 unspecified atom stereocenters. The van der Waals surface area contributed by atoms with Gasteiger partial charge in [0.15, 0.2) is 5.03 Å². The summed E-state index contributed by atoms with van der Waals surface area (Å²) in [4.78, 5) is 14.0. The van der Waals surface area contributed by atoms with Crippen molar-refractivity contribution in [3.8, 4) is 0 Å². The third-order valence-corrected chi connectivity index (χ3v) is 5.13. The molecule has 122 valence electrons. The Morgan fingerprint density at radius 2 is 1.61 bits per heavy atom. The first kappa shape index (κ1) is 17.3. The summed E-state index contributed by atoms with van der Waals surface area (Å²) in [5, 5.41) is 10.8. The number of sulfonamides is 1. The van der Waals surface area contributed by atoms with Crippen LogP contribution in [0.5, 0.6) is 0 Å². The highest BCUT2D eigenvalue weighted by Crippen LogP contribution is 2.17. The van der Waals surface area contributed by atoms with Crippen LogP contribution >= 0.6 is 11.8 Å². The van der Waals surface area contributed by atoms with Crippen LogP contribution in [0.2, 0.25) is 0 Å². The third-order valence-electron chi connectivity index (χ3n) is 2.79. The summed E-state index contributed by atoms with van der Waals surface area (Å²) in [5.74, 6) is 0.363. The largest absolute Gasteiger partial charge is 0.261 e. The standard InChI is InChI=1S/C14H15N3O4S2/c18-17(19)16(11-12-22-13-7-3-1-4-8-13)15-23(20,21)14-9-5-2-6-10-14/h1-10,15H,11-12H2. The van der Waals surface area contributed by atoms with E-state index >= 15 is 0 Å². The lowest BCUT2D eigenvalue weighted by Crippen LogP contribution is -2.46. The molecule has 2 rings (SSSR count). The molecule has 0 aliphatic heterocycles. The van der Waals surface area contributed by atoms with Crippen LogP contribution in [0.15, 0.2) is 70.5 Å². The van der Waals surface area contributed by atoms with Gasteiger partial charge in [-0.15, -0.1) is 11.8 Å². The molecule has 0 bridgehead atoms. The number of hydrogen-bond acceptors (Lipinski definition) is 5. The van der Waals surface area contributed by atoms with Gasteiger partial charge in [0, 0.05) is 10.6 Å². The van der Waals surface area contributed by atoms with Gasteiger partial charge in [-0.05, 0) is 29.4 Å². The maximum atomic E-state index is 12.1. The molecule has 0 amide bonds. The average molecular weight is 353 g/mol. The van der Waals surface area contributed by atoms with Gasteiger partial charge in [0.05, 0.1) is 4.90 Å². The first-order valence-corrected chi connectivity index (χ1v) is 9.13. The fourth-order valence-corrected chi connectivity index (χ4v) is 3.62. The average Bonchev–Trinajstić information content (AvgIpc) is 2.55. The van der Waals surface area contributed by atoms with Crippen LogP contribution in [-0.4, -0.2) is 30.9 Å². The van der Waals surface area contributed by atoms with Crippen LogP contribution in [0.3, 0.4) is 0 Å². The van der Waals surface area contributed by atoms with Crippen molar-refractivity contribution >= 4 is 21.8 Å². The minimum Gasteiger partial charge on any atom is -0.233 e. The third kappa shape index (κ3) is 5.23. The van der Waals surface area contributed by atoms with E-state index in [0.29, 0.717) is 10.9 Å². The van der Waals surface area contributed by atoms with Gasteiger partial charge in [0.25, 0.3) is 10.0 Å². The minimum atomic E-state index is -3.97. The molecule has 7 nitrogen and oxygen atoms in total. The Bertz CT molecular complexity index is 739. The first-order chi connectivity index (χ1) is 11.0. The topological polar surface area (TPSA) is 92.6 Å². The van der Waals surface area contributed by atoms with Crippen molar-refractivity contribution in [1.29, 1.82) is 0 Å². The number of rotatable bonds is 8. The van der Waals surface area contributed by atoms with E-state index in [2.05, 4.69) is 0 Å². The second-order valence-electron chi connectivity index (χ2n) is 4.43. The molecular weight excluding hydrogens is 338 g/mol. The van der Waals surface area contributed by atoms with Gasteiger partial charge in [-0.3, -0.25) is 0 Å². The molecule has 0 fully saturated rings. The molecule has 0 aliphatic carbocycles. The minimum absolute atomic E-state index is 0.0254. The zero-order valence-corrected chi connectivity index (χ0v) is 13.7. The zero-order valence-electron chi connectivity index (χ0n) is 12.0. The normalized spacial score (nSPS) is 11.1. The predicted octanol–water partition coefficient (Wildman–Crippen LogP) is 2.17. The van der Waals surface area contributed by atoms with Gasteiger partial charge in [-0.25, -0.2) is 18.5 Å². The number of nitrogens with one attached hydrogen (secondary N) is 1. The fourth-order valence-electron chi connectivity index (χ4n) is 1.72. The Hall–Kier alpha value is -2.10. The van der Waals surface area contributed by atoms with E-state index < -0.39 is 15.1 Å². The molecule has 0 radical (unpaired) electrons. The maximum absolute atomic E-state index is 12.1. The summed E-state index contributed by atoms with van der Waals surface area (Å²) in [6.07, 6.45) is 0. The van der Waals surface area contributed by atoms with E-state index in [9.17, 15) is 18.5 Å². The lowest BCUT2D eigenvalue weighted by molar-refractivity contribution is -0.663. The van der Waals surface area contributed by atoms with Crippen LogP contribution in [0.1, 0.15) is 0 Å². The molecule has 1 N–H and O–H groups in total. The van der Waals surface area contributed by atoms with Crippen LogP contribution in [0.25, 0.3) is 0 Å². The molecular formula is C14H15N3O4S2. The van der Waals surface area contributed by atoms with E-state index in [-0.39, 0.29) is 11.4 Å². The smallest absolute Gasteiger partial charge is 0.233 e. The second-order valence-corrected chi connectivity index (χ2v) is 7.26. The van der Waals surface area contributed by atoms with Gasteiger partial charge < -0.3 is 0 Å². The monoisotopic (exact) mass is 353 g/mol. The van der Waals surface area contributed by atoms with Crippen molar-refractivity contribution in [2.45, 2.75) is 9.79 Å². The molecule has 0 saturated heterocycles. The maximum Gasteiger partial charge on any atom is 0.261 e. The van der Waals surface area contributed by atoms with E-state index in [1.54, 1.807) is 18.2 Å². The van der Waals surface area contributed by atoms with Crippen LogP contribution in [0.4, 0.5) is 0 Å². The Morgan fingerprint density at radius 1 is 1.04 bits per heavy atom. The number of hydrazine groups is 2. The van der Waals surface area contributed by atoms with Crippen molar-refractivity contribution < 1.29 is 13.5 Å². The quantitative estimate of drug-likeness (QED) is 0.444. The van der Waals surface area contributed by atoms with E-state index in [0.717, 1.165) is 4.90 Å². The van der Waals surface area contributed by atoms with E-state index in [1.165, 1.54) is 23.9 Å². The van der Waals surface area contributed by atoms with Crippen molar-refractivity contribution in [2.24, 2.45) is 0 Å². The van der Waals surface area contributed by atoms with Crippen molar-refractivity contribution in [3.05, 3.63) is 70.8 Å². The lowest BCUT2D eigenvalue weighted by atomic mass is 10.4. The Labute approximate surface area is 138 Å². The molecule has 23 heavy (non-hydrogen) atoms. The lowest BCUT2D eigenvalue weighted by Gasteiger charge is -2.15. The highest BCUT2D eigenvalue weighted by molar-refractivity contribution is 7.99. The summed E-state index contributed by atoms with van der Waals surface area (Å²) in [6.45, 7) is -0.0708. The zero-order chi connectivity index (χ0) is 16.7. The molecule has 0 aromatic heterocycles. The van der Waals surface area contributed by atoms with Crippen LogP contribution < -0.4 is 4.83 Å². The number of benzene rings is 2. The van der Waals surface area contributed by atoms with Crippen LogP contribution in [-0.2, 0) is 10.0 Å². The van der Waals surface area contributed by atoms with Gasteiger partial charge in [0.1, 0.15) is 6.54 Å². The van der Waals surface area contributed by atoms with Gasteiger partial charge in [0.2, 0.25) is 0 Å². The van der Waals surface area contributed by atoms with Gasteiger partial charge in [-0.1, -0.05) is 41.2 Å². The van der Waals surface area contributed by atoms with Crippen LogP contribution in [0, 0.1) is 10.1 Å². The predicted molar refractivity (Wildman–Crippen MR) is 87.6 cm³/mol. The molecule has 0 atom stereocenters. The molecule has 0 saturated carbocycles. The highest BCUT2D eigenvalue weighted by Gasteiger charge is 2.23. The summed E-state index contributed by atoms with van der Waals surface area (Å²) in [6, 6.07) is 16.9. The molecule has 0 spiro atoms. The number of nitrogens with zero attached hydrogens (tertiary/aromatic N) is 2. The van der Waals surface area contributed by atoms with E-state index in [1.807, 2.05) is 35.2 Å². The summed E-state index contributed by atoms with van der Waals surface area (Å²) < 4.78 is 24.2. The van der Waals surface area contributed by atoms with Crippen molar-refractivity contribution in [1.82, 2.24) is 9.95 Å². The molecule has 2 aromatic rings. The Kier molecular flexibility index (Phi) is 5.97. The molecule has 0 aliphatic rings. The van der Waals surface area contributed by atoms with E-state index in [4.69, 9.17) is 0 Å². The summed E-state index contributed by atoms with van der Waals surface area (Å²) in [5.41, 5.74) is 0. The highest BCUT2D eigenvalue weighted by atomic mass is 32.2. The van der Waals surface area contributed by atoms with Gasteiger partial charge in [-0.2, -0.15) is 0 Å². The fraction of sp³-hybridized carbons (Fsp3) is 0.143. The van der Waals surface area contributed by atoms with Crippen molar-refractivity contribution in [3.63, 3.8) is 0 Å². The Morgan fingerprint density at radius 3 is 2.17 bits per heavy atom. The van der Waals surface area contributed by atoms with Gasteiger partial charge >= 0.3 is 0 Å². The van der Waals surface area contributed by atoms with Crippen molar-refractivity contribution in [2.75, 3.05) is 12.3 Å². The number of thioether (sulfide) groups is 1. The molecule has 2 aromatic carbocycles. The first-order valence-electron chi connectivity index (χ1n) is 6.66. The summed E-state index contributed by atoms with van der Waals surface area (Å²) in [7, 11) is -3.97. The number of hydrogen-bond donors (Lipinski definition) is 1. The number of nitro groups is 1. The molecule has 9 heteroatoms. The molecule has 0 heterocycles. The second kappa shape index (κ2) is 7.95. The summed E-state index contributed by atoms with van der Waals surface area (Å²) >= 11 is 1.41. The SMILES string of the molecule is O=[N+]([O-])N(CCSc1ccccc1)NS(=O)(=O)c1ccccc1. The Balaban J connectivity index is 1.98.